The minimum absolute atomic E-state index is 0.0329. The number of hydrogen-bond acceptors (Lipinski definition) is 4. The summed E-state index contributed by atoms with van der Waals surface area (Å²) in [5.74, 6) is -0.276. The minimum atomic E-state index is -0.734. The highest BCUT2D eigenvalue weighted by molar-refractivity contribution is 7.09. The molecular formula is C18H22N2O4S. The van der Waals surface area contributed by atoms with Crippen LogP contribution < -0.4 is 5.32 Å². The summed E-state index contributed by atoms with van der Waals surface area (Å²) in [6, 6.07) is 7.53. The molecule has 6 nitrogen and oxygen atoms in total. The summed E-state index contributed by atoms with van der Waals surface area (Å²) in [5, 5.41) is 14.1. The SMILES string of the molecule is O=C(O)C1CCC(NC(=O)N(Cc2ccco2)Cc2cccs2)CC1. The van der Waals surface area contributed by atoms with Gasteiger partial charge in [-0.3, -0.25) is 4.79 Å². The first-order chi connectivity index (χ1) is 12.1. The fourth-order valence-corrected chi connectivity index (χ4v) is 3.85. The van der Waals surface area contributed by atoms with Crippen molar-refractivity contribution in [3.8, 4) is 0 Å². The van der Waals surface area contributed by atoms with E-state index in [9.17, 15) is 9.59 Å². The van der Waals surface area contributed by atoms with Crippen LogP contribution in [0.2, 0.25) is 0 Å². The summed E-state index contributed by atoms with van der Waals surface area (Å²) in [7, 11) is 0. The summed E-state index contributed by atoms with van der Waals surface area (Å²) < 4.78 is 5.38. The number of urea groups is 1. The highest BCUT2D eigenvalue weighted by atomic mass is 32.1. The summed E-state index contributed by atoms with van der Waals surface area (Å²) in [6.45, 7) is 0.926. The molecule has 0 spiro atoms. The minimum Gasteiger partial charge on any atom is -0.481 e. The summed E-state index contributed by atoms with van der Waals surface area (Å²) >= 11 is 1.61. The van der Waals surface area contributed by atoms with E-state index in [1.807, 2.05) is 29.6 Å². The number of nitrogens with one attached hydrogen (secondary N) is 1. The van der Waals surface area contributed by atoms with Gasteiger partial charge in [-0.2, -0.15) is 0 Å². The van der Waals surface area contributed by atoms with Crippen LogP contribution in [0.3, 0.4) is 0 Å². The van der Waals surface area contributed by atoms with Gasteiger partial charge in [-0.15, -0.1) is 11.3 Å². The standard InChI is InChI=1S/C18H22N2O4S/c21-17(22)13-5-7-14(8-6-13)19-18(23)20(11-15-3-1-9-24-15)12-16-4-2-10-25-16/h1-4,9-10,13-14H,5-8,11-12H2,(H,19,23)(H,21,22). The molecule has 0 radical (unpaired) electrons. The van der Waals surface area contributed by atoms with Gasteiger partial charge in [0.25, 0.3) is 0 Å². The molecule has 134 valence electrons. The molecule has 1 fully saturated rings. The van der Waals surface area contributed by atoms with Gasteiger partial charge in [-0.1, -0.05) is 6.07 Å². The van der Waals surface area contributed by atoms with Crippen molar-refractivity contribution < 1.29 is 19.1 Å². The Balaban J connectivity index is 1.59. The number of carboxylic acids is 1. The van der Waals surface area contributed by atoms with Crippen LogP contribution in [0, 0.1) is 5.92 Å². The number of rotatable bonds is 6. The van der Waals surface area contributed by atoms with Crippen LogP contribution >= 0.6 is 11.3 Å². The molecule has 0 atom stereocenters. The van der Waals surface area contributed by atoms with E-state index in [1.165, 1.54) is 0 Å². The largest absolute Gasteiger partial charge is 0.481 e. The predicted octanol–water partition coefficient (Wildman–Crippen LogP) is 3.70. The Bertz CT molecular complexity index is 640. The van der Waals surface area contributed by atoms with Crippen molar-refractivity contribution in [2.75, 3.05) is 0 Å². The van der Waals surface area contributed by atoms with Crippen molar-refractivity contribution in [2.24, 2.45) is 5.92 Å². The van der Waals surface area contributed by atoms with Crippen LogP contribution in [-0.2, 0) is 17.9 Å². The Morgan fingerprint density at radius 2 is 2.00 bits per heavy atom. The third kappa shape index (κ3) is 4.85. The number of amides is 2. The molecular weight excluding hydrogens is 340 g/mol. The van der Waals surface area contributed by atoms with E-state index < -0.39 is 5.97 Å². The molecule has 0 bridgehead atoms. The predicted molar refractivity (Wildman–Crippen MR) is 94.2 cm³/mol. The average molecular weight is 362 g/mol. The molecule has 7 heteroatoms. The maximum atomic E-state index is 12.7. The molecule has 1 aliphatic rings. The van der Waals surface area contributed by atoms with Crippen LogP contribution in [0.1, 0.15) is 36.3 Å². The van der Waals surface area contributed by atoms with Crippen molar-refractivity contribution in [1.82, 2.24) is 10.2 Å². The number of carbonyl (C=O) groups is 2. The Labute approximate surface area is 150 Å². The molecule has 25 heavy (non-hydrogen) atoms. The lowest BCUT2D eigenvalue weighted by atomic mass is 9.86. The highest BCUT2D eigenvalue weighted by Crippen LogP contribution is 2.25. The van der Waals surface area contributed by atoms with Gasteiger partial charge >= 0.3 is 12.0 Å². The fraction of sp³-hybridized carbons (Fsp3) is 0.444. The monoisotopic (exact) mass is 362 g/mol. The Morgan fingerprint density at radius 3 is 2.60 bits per heavy atom. The van der Waals surface area contributed by atoms with E-state index in [0.717, 1.165) is 10.6 Å². The van der Waals surface area contributed by atoms with E-state index in [0.29, 0.717) is 38.8 Å². The maximum Gasteiger partial charge on any atom is 0.318 e. The molecule has 2 heterocycles. The lowest BCUT2D eigenvalue weighted by Crippen LogP contribution is -2.45. The van der Waals surface area contributed by atoms with E-state index in [4.69, 9.17) is 9.52 Å². The topological polar surface area (TPSA) is 82.8 Å². The smallest absolute Gasteiger partial charge is 0.318 e. The van der Waals surface area contributed by atoms with Gasteiger partial charge in [0.05, 0.1) is 25.3 Å². The zero-order valence-electron chi connectivity index (χ0n) is 13.9. The molecule has 2 aromatic rings. The summed E-state index contributed by atoms with van der Waals surface area (Å²) in [4.78, 5) is 26.6. The van der Waals surface area contributed by atoms with Gasteiger partial charge in [-0.05, 0) is 49.3 Å². The zero-order valence-corrected chi connectivity index (χ0v) is 14.7. The van der Waals surface area contributed by atoms with Gasteiger partial charge in [0.2, 0.25) is 0 Å². The van der Waals surface area contributed by atoms with Crippen LogP contribution in [-0.4, -0.2) is 28.0 Å². The Kier molecular flexibility index (Phi) is 5.75. The van der Waals surface area contributed by atoms with Gasteiger partial charge < -0.3 is 19.7 Å². The van der Waals surface area contributed by atoms with Crippen molar-refractivity contribution in [3.63, 3.8) is 0 Å². The lowest BCUT2D eigenvalue weighted by Gasteiger charge is -2.29. The van der Waals surface area contributed by atoms with Gasteiger partial charge in [0.15, 0.2) is 0 Å². The van der Waals surface area contributed by atoms with E-state index in [1.54, 1.807) is 22.5 Å². The molecule has 0 unspecified atom stereocenters. The lowest BCUT2D eigenvalue weighted by molar-refractivity contribution is -0.142. The number of furan rings is 1. The number of thiophene rings is 1. The second kappa shape index (κ2) is 8.20. The first kappa shape index (κ1) is 17.5. The average Bonchev–Trinajstić information content (AvgIpc) is 3.28. The molecule has 3 rings (SSSR count). The molecule has 1 saturated carbocycles. The third-order valence-electron chi connectivity index (χ3n) is 4.54. The van der Waals surface area contributed by atoms with Crippen LogP contribution in [0.15, 0.2) is 40.3 Å². The third-order valence-corrected chi connectivity index (χ3v) is 5.41. The molecule has 0 saturated heterocycles. The van der Waals surface area contributed by atoms with E-state index in [2.05, 4.69) is 5.32 Å². The molecule has 2 amide bonds. The van der Waals surface area contributed by atoms with Crippen LogP contribution in [0.4, 0.5) is 4.79 Å². The zero-order chi connectivity index (χ0) is 17.6. The van der Waals surface area contributed by atoms with Gasteiger partial charge in [0.1, 0.15) is 5.76 Å². The Hall–Kier alpha value is -2.28. The normalized spacial score (nSPS) is 20.2. The first-order valence-electron chi connectivity index (χ1n) is 8.45. The quantitative estimate of drug-likeness (QED) is 0.821. The maximum absolute atomic E-state index is 12.7. The second-order valence-electron chi connectivity index (χ2n) is 6.35. The number of carboxylic acid groups (broad SMARTS) is 1. The number of aliphatic carboxylic acids is 1. The molecule has 1 aliphatic carbocycles. The molecule has 0 aromatic carbocycles. The number of nitrogens with zero attached hydrogens (tertiary/aromatic N) is 1. The summed E-state index contributed by atoms with van der Waals surface area (Å²) in [5.41, 5.74) is 0. The molecule has 0 aliphatic heterocycles. The number of hydrogen-bond donors (Lipinski definition) is 2. The first-order valence-corrected chi connectivity index (χ1v) is 9.33. The van der Waals surface area contributed by atoms with Gasteiger partial charge in [0, 0.05) is 10.9 Å². The van der Waals surface area contributed by atoms with Crippen molar-refractivity contribution in [2.45, 2.75) is 44.8 Å². The molecule has 2 N–H and O–H groups in total. The fourth-order valence-electron chi connectivity index (χ4n) is 3.13. The van der Waals surface area contributed by atoms with Crippen LogP contribution in [0.5, 0.6) is 0 Å². The number of carbonyl (C=O) groups excluding carboxylic acids is 1. The highest BCUT2D eigenvalue weighted by Gasteiger charge is 2.28. The van der Waals surface area contributed by atoms with Crippen molar-refractivity contribution in [1.29, 1.82) is 0 Å². The van der Waals surface area contributed by atoms with E-state index >= 15 is 0 Å². The summed E-state index contributed by atoms with van der Waals surface area (Å²) in [6.07, 6.45) is 4.24. The molecule has 2 aromatic heterocycles. The van der Waals surface area contributed by atoms with Gasteiger partial charge in [-0.25, -0.2) is 4.79 Å². The van der Waals surface area contributed by atoms with Crippen molar-refractivity contribution >= 4 is 23.3 Å². The van der Waals surface area contributed by atoms with Crippen LogP contribution in [0.25, 0.3) is 0 Å². The van der Waals surface area contributed by atoms with E-state index in [-0.39, 0.29) is 18.0 Å². The Morgan fingerprint density at radius 1 is 1.20 bits per heavy atom. The second-order valence-corrected chi connectivity index (χ2v) is 7.38. The van der Waals surface area contributed by atoms with Crippen molar-refractivity contribution in [3.05, 3.63) is 46.5 Å².